The summed E-state index contributed by atoms with van der Waals surface area (Å²) in [7, 11) is 0. The van der Waals surface area contributed by atoms with Crippen molar-refractivity contribution < 1.29 is 9.53 Å². The van der Waals surface area contributed by atoms with Crippen LogP contribution in [0.4, 0.5) is 0 Å². The van der Waals surface area contributed by atoms with E-state index < -0.39 is 0 Å². The van der Waals surface area contributed by atoms with Gasteiger partial charge in [-0.05, 0) is 36.9 Å². The van der Waals surface area contributed by atoms with Crippen molar-refractivity contribution in [2.75, 3.05) is 19.6 Å². The number of para-hydroxylation sites is 1. The lowest BCUT2D eigenvalue weighted by molar-refractivity contribution is 0.0515. The number of nitrogens with two attached hydrogens (primary N) is 1. The largest absolute Gasteiger partial charge is 0.457 e. The molecule has 4 heteroatoms. The molecule has 0 radical (unpaired) electrons. The summed E-state index contributed by atoms with van der Waals surface area (Å²) in [4.78, 5) is 14.1. The Hall–Kier alpha value is -2.33. The fourth-order valence-corrected chi connectivity index (χ4v) is 2.38. The van der Waals surface area contributed by atoms with Gasteiger partial charge >= 0.3 is 0 Å². The zero-order valence-electron chi connectivity index (χ0n) is 11.7. The molecule has 0 bridgehead atoms. The fraction of sp³-hybridized carbons (Fsp3) is 0.235. The number of rotatable bonds is 4. The number of hydrogen-bond acceptors (Lipinski definition) is 3. The SMILES string of the molecule is NCC1CN(C(=O)c2cccc(Oc3ccccc3)c2)C1. The normalized spacial score (nSPS) is 14.6. The van der Waals surface area contributed by atoms with Crippen molar-refractivity contribution >= 4 is 5.91 Å². The molecule has 0 spiro atoms. The number of carbonyl (C=O) groups is 1. The number of benzene rings is 2. The molecule has 21 heavy (non-hydrogen) atoms. The zero-order chi connectivity index (χ0) is 14.7. The van der Waals surface area contributed by atoms with Gasteiger partial charge in [0.15, 0.2) is 0 Å². The first kappa shape index (κ1) is 13.6. The predicted molar refractivity (Wildman–Crippen MR) is 81.4 cm³/mol. The monoisotopic (exact) mass is 282 g/mol. The van der Waals surface area contributed by atoms with E-state index >= 15 is 0 Å². The van der Waals surface area contributed by atoms with Crippen LogP contribution in [-0.2, 0) is 0 Å². The minimum Gasteiger partial charge on any atom is -0.457 e. The van der Waals surface area contributed by atoms with Crippen LogP contribution in [0.5, 0.6) is 11.5 Å². The van der Waals surface area contributed by atoms with Gasteiger partial charge in [0.05, 0.1) is 0 Å². The van der Waals surface area contributed by atoms with Gasteiger partial charge in [-0.1, -0.05) is 24.3 Å². The summed E-state index contributed by atoms with van der Waals surface area (Å²) in [5.41, 5.74) is 6.24. The summed E-state index contributed by atoms with van der Waals surface area (Å²) in [5.74, 6) is 1.91. The summed E-state index contributed by atoms with van der Waals surface area (Å²) < 4.78 is 5.75. The summed E-state index contributed by atoms with van der Waals surface area (Å²) in [5, 5.41) is 0. The second kappa shape index (κ2) is 5.97. The molecule has 1 saturated heterocycles. The lowest BCUT2D eigenvalue weighted by Gasteiger charge is -2.38. The van der Waals surface area contributed by atoms with Crippen molar-refractivity contribution in [2.24, 2.45) is 11.7 Å². The maximum Gasteiger partial charge on any atom is 0.254 e. The molecule has 1 heterocycles. The topological polar surface area (TPSA) is 55.6 Å². The quantitative estimate of drug-likeness (QED) is 0.937. The highest BCUT2D eigenvalue weighted by Gasteiger charge is 2.30. The lowest BCUT2D eigenvalue weighted by atomic mass is 9.99. The van der Waals surface area contributed by atoms with E-state index in [0.717, 1.165) is 18.8 Å². The van der Waals surface area contributed by atoms with E-state index in [1.165, 1.54) is 0 Å². The van der Waals surface area contributed by atoms with Crippen molar-refractivity contribution in [3.63, 3.8) is 0 Å². The van der Waals surface area contributed by atoms with Crippen LogP contribution in [0.15, 0.2) is 54.6 Å². The van der Waals surface area contributed by atoms with E-state index in [2.05, 4.69) is 0 Å². The molecule has 0 aliphatic carbocycles. The molecule has 0 saturated carbocycles. The van der Waals surface area contributed by atoms with Crippen LogP contribution >= 0.6 is 0 Å². The third-order valence-corrected chi connectivity index (χ3v) is 3.64. The first-order valence-corrected chi connectivity index (χ1v) is 7.08. The third kappa shape index (κ3) is 3.06. The number of hydrogen-bond donors (Lipinski definition) is 1. The van der Waals surface area contributed by atoms with Gasteiger partial charge in [0.25, 0.3) is 5.91 Å². The van der Waals surface area contributed by atoms with Gasteiger partial charge in [0.1, 0.15) is 11.5 Å². The minimum absolute atomic E-state index is 0.0400. The average Bonchev–Trinajstić information content (AvgIpc) is 2.47. The highest BCUT2D eigenvalue weighted by Crippen LogP contribution is 2.24. The average molecular weight is 282 g/mol. The van der Waals surface area contributed by atoms with E-state index in [0.29, 0.717) is 23.8 Å². The molecule has 1 aliphatic heterocycles. The molecule has 0 unspecified atom stereocenters. The first-order chi connectivity index (χ1) is 10.3. The Morgan fingerprint density at radius 2 is 1.81 bits per heavy atom. The molecule has 0 aromatic heterocycles. The molecule has 2 aromatic rings. The number of likely N-dealkylation sites (tertiary alicyclic amines) is 1. The van der Waals surface area contributed by atoms with Crippen molar-refractivity contribution in [2.45, 2.75) is 0 Å². The summed E-state index contributed by atoms with van der Waals surface area (Å²) in [6, 6.07) is 16.8. The highest BCUT2D eigenvalue weighted by atomic mass is 16.5. The van der Waals surface area contributed by atoms with Crippen molar-refractivity contribution in [1.29, 1.82) is 0 Å². The Bertz CT molecular complexity index is 622. The van der Waals surface area contributed by atoms with Crippen LogP contribution in [0.1, 0.15) is 10.4 Å². The van der Waals surface area contributed by atoms with E-state index in [-0.39, 0.29) is 5.91 Å². The summed E-state index contributed by atoms with van der Waals surface area (Å²) in [6.45, 7) is 2.14. The maximum atomic E-state index is 12.3. The van der Waals surface area contributed by atoms with Gasteiger partial charge in [0, 0.05) is 24.6 Å². The molecule has 2 aromatic carbocycles. The second-order valence-electron chi connectivity index (χ2n) is 5.25. The molecule has 108 valence electrons. The molecule has 0 atom stereocenters. The zero-order valence-corrected chi connectivity index (χ0v) is 11.7. The molecule has 1 amide bonds. The Morgan fingerprint density at radius 3 is 2.52 bits per heavy atom. The smallest absolute Gasteiger partial charge is 0.254 e. The van der Waals surface area contributed by atoms with Crippen LogP contribution in [0.25, 0.3) is 0 Å². The first-order valence-electron chi connectivity index (χ1n) is 7.08. The van der Waals surface area contributed by atoms with Crippen LogP contribution in [-0.4, -0.2) is 30.4 Å². The minimum atomic E-state index is 0.0400. The molecule has 3 rings (SSSR count). The number of nitrogens with zero attached hydrogens (tertiary/aromatic N) is 1. The van der Waals surface area contributed by atoms with Crippen LogP contribution in [0, 0.1) is 5.92 Å². The second-order valence-corrected chi connectivity index (χ2v) is 5.25. The molecule has 4 nitrogen and oxygen atoms in total. The van der Waals surface area contributed by atoms with Crippen LogP contribution in [0.3, 0.4) is 0 Å². The maximum absolute atomic E-state index is 12.3. The van der Waals surface area contributed by atoms with Gasteiger partial charge in [-0.2, -0.15) is 0 Å². The van der Waals surface area contributed by atoms with Crippen LogP contribution in [0.2, 0.25) is 0 Å². The fourth-order valence-electron chi connectivity index (χ4n) is 2.38. The number of carbonyl (C=O) groups excluding carboxylic acids is 1. The van der Waals surface area contributed by atoms with Crippen molar-refractivity contribution in [3.05, 3.63) is 60.2 Å². The van der Waals surface area contributed by atoms with Crippen molar-refractivity contribution in [3.8, 4) is 11.5 Å². The van der Waals surface area contributed by atoms with E-state index in [9.17, 15) is 4.79 Å². The van der Waals surface area contributed by atoms with Crippen molar-refractivity contribution in [1.82, 2.24) is 4.90 Å². The number of ether oxygens (including phenoxy) is 1. The van der Waals surface area contributed by atoms with E-state index in [1.807, 2.05) is 53.4 Å². The lowest BCUT2D eigenvalue weighted by Crippen LogP contribution is -2.52. The van der Waals surface area contributed by atoms with Gasteiger partial charge in [-0.3, -0.25) is 4.79 Å². The summed E-state index contributed by atoms with van der Waals surface area (Å²) in [6.07, 6.45) is 0. The number of amides is 1. The van der Waals surface area contributed by atoms with Gasteiger partial charge in [-0.25, -0.2) is 0 Å². The third-order valence-electron chi connectivity index (χ3n) is 3.64. The molecular weight excluding hydrogens is 264 g/mol. The Morgan fingerprint density at radius 1 is 1.10 bits per heavy atom. The Kier molecular flexibility index (Phi) is 3.88. The highest BCUT2D eigenvalue weighted by molar-refractivity contribution is 5.95. The van der Waals surface area contributed by atoms with E-state index in [4.69, 9.17) is 10.5 Å². The van der Waals surface area contributed by atoms with E-state index in [1.54, 1.807) is 6.07 Å². The van der Waals surface area contributed by atoms with Gasteiger partial charge in [0.2, 0.25) is 0 Å². The molecule has 1 aliphatic rings. The van der Waals surface area contributed by atoms with Crippen LogP contribution < -0.4 is 10.5 Å². The predicted octanol–water partition coefficient (Wildman–Crippen LogP) is 2.51. The standard InChI is InChI=1S/C17H18N2O2/c18-10-13-11-19(12-13)17(20)14-5-4-8-16(9-14)21-15-6-2-1-3-7-15/h1-9,13H,10-12,18H2. The van der Waals surface area contributed by atoms with Gasteiger partial charge < -0.3 is 15.4 Å². The Balaban J connectivity index is 1.70. The van der Waals surface area contributed by atoms with Gasteiger partial charge in [-0.15, -0.1) is 0 Å². The summed E-state index contributed by atoms with van der Waals surface area (Å²) >= 11 is 0. The molecule has 1 fully saturated rings. The Labute approximate surface area is 124 Å². The molecule has 2 N–H and O–H groups in total. The molecular formula is C17H18N2O2.